The first kappa shape index (κ1) is 16.4. The molecule has 1 aromatic heterocycles. The highest BCUT2D eigenvalue weighted by molar-refractivity contribution is 9.10. The summed E-state index contributed by atoms with van der Waals surface area (Å²) >= 11 is 3.39. The van der Waals surface area contributed by atoms with E-state index in [-0.39, 0.29) is 24.8 Å². The Hall–Kier alpha value is -2.41. The SMILES string of the molecule is O=C(O)CCC(=O)N1N=C(c2ccc(Br)cc2)CC1c1ccco1. The smallest absolute Gasteiger partial charge is 0.303 e. The quantitative estimate of drug-likeness (QED) is 0.845. The van der Waals surface area contributed by atoms with Crippen LogP contribution in [-0.2, 0) is 9.59 Å². The Kier molecular flexibility index (Phi) is 4.80. The Labute approximate surface area is 146 Å². The minimum Gasteiger partial charge on any atom is -0.481 e. The number of halogens is 1. The summed E-state index contributed by atoms with van der Waals surface area (Å²) < 4.78 is 6.40. The Bertz CT molecular complexity index is 768. The van der Waals surface area contributed by atoms with Crippen LogP contribution in [0, 0.1) is 0 Å². The molecule has 1 aliphatic rings. The molecule has 0 bridgehead atoms. The van der Waals surface area contributed by atoms with Crippen LogP contribution < -0.4 is 0 Å². The molecule has 24 heavy (non-hydrogen) atoms. The number of aliphatic carboxylic acids is 1. The summed E-state index contributed by atoms with van der Waals surface area (Å²) in [5.74, 6) is -0.699. The first-order chi connectivity index (χ1) is 11.5. The topological polar surface area (TPSA) is 83.1 Å². The standard InChI is InChI=1S/C17H15BrN2O4/c18-12-5-3-11(4-6-12)13-10-14(15-2-1-9-24-15)20(19-13)16(21)7-8-17(22)23/h1-6,9,14H,7-8,10H2,(H,22,23). The molecule has 1 unspecified atom stereocenters. The van der Waals surface area contributed by atoms with Crippen LogP contribution in [0.1, 0.15) is 36.6 Å². The summed E-state index contributed by atoms with van der Waals surface area (Å²) in [6, 6.07) is 10.9. The van der Waals surface area contributed by atoms with E-state index < -0.39 is 5.97 Å². The molecule has 2 aromatic rings. The van der Waals surface area contributed by atoms with Crippen LogP contribution in [0.2, 0.25) is 0 Å². The Morgan fingerprint density at radius 2 is 2.00 bits per heavy atom. The molecular weight excluding hydrogens is 376 g/mol. The number of amides is 1. The van der Waals surface area contributed by atoms with Gasteiger partial charge in [-0.3, -0.25) is 9.59 Å². The summed E-state index contributed by atoms with van der Waals surface area (Å²) in [7, 11) is 0. The largest absolute Gasteiger partial charge is 0.481 e. The van der Waals surface area contributed by atoms with E-state index in [1.807, 2.05) is 24.3 Å². The molecule has 124 valence electrons. The molecule has 1 amide bonds. The van der Waals surface area contributed by atoms with Crippen LogP contribution in [0.3, 0.4) is 0 Å². The van der Waals surface area contributed by atoms with Crippen molar-refractivity contribution in [2.75, 3.05) is 0 Å². The predicted molar refractivity (Wildman–Crippen MR) is 90.5 cm³/mol. The fourth-order valence-corrected chi connectivity index (χ4v) is 2.85. The van der Waals surface area contributed by atoms with E-state index in [0.717, 1.165) is 15.7 Å². The number of hydrogen-bond acceptors (Lipinski definition) is 4. The van der Waals surface area contributed by atoms with E-state index in [1.54, 1.807) is 18.4 Å². The van der Waals surface area contributed by atoms with Gasteiger partial charge in [0.15, 0.2) is 0 Å². The third-order valence-electron chi connectivity index (χ3n) is 3.77. The van der Waals surface area contributed by atoms with Crippen LogP contribution in [0.15, 0.2) is 56.7 Å². The van der Waals surface area contributed by atoms with Crippen molar-refractivity contribution in [3.8, 4) is 0 Å². The van der Waals surface area contributed by atoms with Gasteiger partial charge in [-0.2, -0.15) is 5.10 Å². The molecule has 0 saturated carbocycles. The second-order valence-electron chi connectivity index (χ2n) is 5.42. The van der Waals surface area contributed by atoms with Gasteiger partial charge in [0.05, 0.1) is 18.4 Å². The molecule has 0 spiro atoms. The van der Waals surface area contributed by atoms with Crippen LogP contribution in [0.5, 0.6) is 0 Å². The average Bonchev–Trinajstić information content (AvgIpc) is 3.22. The fraction of sp³-hybridized carbons (Fsp3) is 0.235. The molecule has 0 radical (unpaired) electrons. The van der Waals surface area contributed by atoms with E-state index in [4.69, 9.17) is 9.52 Å². The van der Waals surface area contributed by atoms with Crippen molar-refractivity contribution in [1.82, 2.24) is 5.01 Å². The molecule has 3 rings (SSSR count). The molecule has 0 saturated heterocycles. The van der Waals surface area contributed by atoms with Gasteiger partial charge in [0.2, 0.25) is 5.91 Å². The number of carboxylic acid groups (broad SMARTS) is 1. The maximum atomic E-state index is 12.4. The normalized spacial score (nSPS) is 17.0. The second kappa shape index (κ2) is 7.00. The van der Waals surface area contributed by atoms with Gasteiger partial charge in [-0.25, -0.2) is 5.01 Å². The Morgan fingerprint density at radius 3 is 2.62 bits per heavy atom. The van der Waals surface area contributed by atoms with Crippen molar-refractivity contribution in [3.05, 3.63) is 58.5 Å². The molecule has 7 heteroatoms. The molecule has 0 fully saturated rings. The number of carbonyl (C=O) groups excluding carboxylic acids is 1. The monoisotopic (exact) mass is 390 g/mol. The maximum absolute atomic E-state index is 12.4. The molecule has 6 nitrogen and oxygen atoms in total. The lowest BCUT2D eigenvalue weighted by atomic mass is 10.0. The highest BCUT2D eigenvalue weighted by Crippen LogP contribution is 2.33. The molecule has 1 aliphatic heterocycles. The predicted octanol–water partition coefficient (Wildman–Crippen LogP) is 3.58. The number of nitrogens with zero attached hydrogens (tertiary/aromatic N) is 2. The number of carboxylic acids is 1. The number of benzene rings is 1. The highest BCUT2D eigenvalue weighted by atomic mass is 79.9. The van der Waals surface area contributed by atoms with Crippen molar-refractivity contribution >= 4 is 33.5 Å². The Balaban J connectivity index is 1.86. The van der Waals surface area contributed by atoms with Crippen molar-refractivity contribution in [1.29, 1.82) is 0 Å². The summed E-state index contributed by atoms with van der Waals surface area (Å²) in [6.07, 6.45) is 1.76. The lowest BCUT2D eigenvalue weighted by molar-refractivity contribution is -0.141. The van der Waals surface area contributed by atoms with E-state index in [9.17, 15) is 9.59 Å². The minimum absolute atomic E-state index is 0.0936. The number of hydrogen-bond donors (Lipinski definition) is 1. The van der Waals surface area contributed by atoms with E-state index >= 15 is 0 Å². The number of carbonyl (C=O) groups is 2. The fourth-order valence-electron chi connectivity index (χ4n) is 2.59. The van der Waals surface area contributed by atoms with Gasteiger partial charge in [0.1, 0.15) is 11.8 Å². The zero-order valence-corrected chi connectivity index (χ0v) is 14.3. The van der Waals surface area contributed by atoms with Gasteiger partial charge in [-0.1, -0.05) is 28.1 Å². The number of hydrazone groups is 1. The van der Waals surface area contributed by atoms with Gasteiger partial charge in [0.25, 0.3) is 0 Å². The highest BCUT2D eigenvalue weighted by Gasteiger charge is 2.34. The van der Waals surface area contributed by atoms with Crippen molar-refractivity contribution in [2.24, 2.45) is 5.10 Å². The van der Waals surface area contributed by atoms with Gasteiger partial charge in [0, 0.05) is 17.3 Å². The van der Waals surface area contributed by atoms with Crippen molar-refractivity contribution in [2.45, 2.75) is 25.3 Å². The summed E-state index contributed by atoms with van der Waals surface area (Å²) in [4.78, 5) is 23.1. The lowest BCUT2D eigenvalue weighted by Gasteiger charge is -2.19. The molecule has 0 aliphatic carbocycles. The Morgan fingerprint density at radius 1 is 1.25 bits per heavy atom. The number of furan rings is 1. The average molecular weight is 391 g/mol. The van der Waals surface area contributed by atoms with E-state index in [2.05, 4.69) is 21.0 Å². The molecule has 2 heterocycles. The van der Waals surface area contributed by atoms with Crippen LogP contribution in [-0.4, -0.2) is 27.7 Å². The zero-order valence-electron chi connectivity index (χ0n) is 12.7. The third kappa shape index (κ3) is 3.56. The van der Waals surface area contributed by atoms with Gasteiger partial charge < -0.3 is 9.52 Å². The van der Waals surface area contributed by atoms with E-state index in [1.165, 1.54) is 5.01 Å². The van der Waals surface area contributed by atoms with Gasteiger partial charge in [-0.05, 0) is 29.8 Å². The second-order valence-corrected chi connectivity index (χ2v) is 6.34. The first-order valence-electron chi connectivity index (χ1n) is 7.45. The molecular formula is C17H15BrN2O4. The molecule has 1 atom stereocenters. The van der Waals surface area contributed by atoms with Crippen LogP contribution in [0.25, 0.3) is 0 Å². The summed E-state index contributed by atoms with van der Waals surface area (Å²) in [5.41, 5.74) is 1.69. The molecule has 1 N–H and O–H groups in total. The molecule has 1 aromatic carbocycles. The summed E-state index contributed by atoms with van der Waals surface area (Å²) in [6.45, 7) is 0. The third-order valence-corrected chi connectivity index (χ3v) is 4.30. The zero-order chi connectivity index (χ0) is 17.1. The summed E-state index contributed by atoms with van der Waals surface area (Å²) in [5, 5.41) is 14.6. The van der Waals surface area contributed by atoms with Gasteiger partial charge >= 0.3 is 5.97 Å². The maximum Gasteiger partial charge on any atom is 0.303 e. The number of rotatable bonds is 5. The first-order valence-corrected chi connectivity index (χ1v) is 8.24. The lowest BCUT2D eigenvalue weighted by Crippen LogP contribution is -2.27. The van der Waals surface area contributed by atoms with Crippen molar-refractivity contribution < 1.29 is 19.1 Å². The van der Waals surface area contributed by atoms with Gasteiger partial charge in [-0.15, -0.1) is 0 Å². The minimum atomic E-state index is -1.01. The van der Waals surface area contributed by atoms with E-state index in [0.29, 0.717) is 12.2 Å². The van der Waals surface area contributed by atoms with Crippen LogP contribution >= 0.6 is 15.9 Å². The van der Waals surface area contributed by atoms with Crippen molar-refractivity contribution in [3.63, 3.8) is 0 Å². The van der Waals surface area contributed by atoms with Crippen LogP contribution in [0.4, 0.5) is 0 Å².